The second-order valence-electron chi connectivity index (χ2n) is 5.53. The Hall–Kier alpha value is -0.620. The minimum absolute atomic E-state index is 0.250. The number of piperazine rings is 1. The molecule has 2 N–H and O–H groups in total. The lowest BCUT2D eigenvalue weighted by molar-refractivity contribution is 0.188. The molecule has 1 heterocycles. The number of rotatable bonds is 6. The van der Waals surface area contributed by atoms with Crippen molar-refractivity contribution in [1.82, 2.24) is 10.2 Å². The van der Waals surface area contributed by atoms with E-state index in [1.807, 2.05) is 0 Å². The molecule has 2 rings (SSSR count). The van der Waals surface area contributed by atoms with Gasteiger partial charge in [-0.15, -0.1) is 0 Å². The molecule has 1 saturated heterocycles. The molecule has 1 aromatic rings. The van der Waals surface area contributed by atoms with Crippen LogP contribution in [0.4, 0.5) is 5.69 Å². The molecule has 1 aliphatic rings. The Labute approximate surface area is 136 Å². The fraction of sp³-hybridized carbons (Fsp3) is 0.625. The van der Waals surface area contributed by atoms with Gasteiger partial charge >= 0.3 is 0 Å². The summed E-state index contributed by atoms with van der Waals surface area (Å²) in [7, 11) is 0. The van der Waals surface area contributed by atoms with Gasteiger partial charge in [-0.1, -0.05) is 28.9 Å². The van der Waals surface area contributed by atoms with Gasteiger partial charge in [-0.3, -0.25) is 4.90 Å². The predicted octanol–water partition coefficient (Wildman–Crippen LogP) is 2.23. The summed E-state index contributed by atoms with van der Waals surface area (Å²) in [5.41, 5.74) is 2.68. The third-order valence-corrected chi connectivity index (χ3v) is 4.59. The van der Waals surface area contributed by atoms with Gasteiger partial charge in [-0.2, -0.15) is 0 Å². The van der Waals surface area contributed by atoms with Crippen LogP contribution >= 0.6 is 15.9 Å². The first-order valence-corrected chi connectivity index (χ1v) is 8.56. The number of hydrogen-bond acceptors (Lipinski definition) is 4. The van der Waals surface area contributed by atoms with E-state index in [-0.39, 0.29) is 6.61 Å². The van der Waals surface area contributed by atoms with Crippen molar-refractivity contribution in [3.05, 3.63) is 28.2 Å². The predicted molar refractivity (Wildman–Crippen MR) is 92.0 cm³/mol. The number of β-amino-alcohol motifs (C(OH)–C–C–N with tert-alkyl or cyclic N) is 1. The van der Waals surface area contributed by atoms with Crippen LogP contribution in [0.25, 0.3) is 0 Å². The molecule has 4 nitrogen and oxygen atoms in total. The van der Waals surface area contributed by atoms with Crippen molar-refractivity contribution in [2.45, 2.75) is 19.9 Å². The number of aliphatic hydroxyl groups excluding tert-OH is 1. The highest BCUT2D eigenvalue weighted by molar-refractivity contribution is 9.10. The molecule has 0 bridgehead atoms. The van der Waals surface area contributed by atoms with Crippen LogP contribution in [-0.4, -0.2) is 55.9 Å². The molecule has 0 saturated carbocycles. The van der Waals surface area contributed by atoms with Crippen LogP contribution in [0.15, 0.2) is 22.7 Å². The van der Waals surface area contributed by atoms with Crippen LogP contribution in [0.2, 0.25) is 0 Å². The van der Waals surface area contributed by atoms with Gasteiger partial charge in [0.1, 0.15) is 0 Å². The van der Waals surface area contributed by atoms with Crippen molar-refractivity contribution >= 4 is 21.6 Å². The average Bonchev–Trinajstić information content (AvgIpc) is 2.48. The molecule has 1 aliphatic heterocycles. The summed E-state index contributed by atoms with van der Waals surface area (Å²) in [6.45, 7) is 10.4. The second-order valence-corrected chi connectivity index (χ2v) is 6.45. The number of benzene rings is 1. The Kier molecular flexibility index (Phi) is 6.48. The number of halogens is 1. The molecule has 0 aromatic heterocycles. The first-order valence-electron chi connectivity index (χ1n) is 7.76. The number of nitrogens with one attached hydrogen (secondary N) is 1. The fourth-order valence-electron chi connectivity index (χ4n) is 2.93. The molecule has 118 valence electrons. The molecule has 0 amide bonds. The largest absolute Gasteiger partial charge is 0.395 e. The first-order chi connectivity index (χ1) is 10.2. The summed E-state index contributed by atoms with van der Waals surface area (Å²) in [4.78, 5) is 4.78. The van der Waals surface area contributed by atoms with Gasteiger partial charge in [0.15, 0.2) is 0 Å². The summed E-state index contributed by atoms with van der Waals surface area (Å²) >= 11 is 3.60. The van der Waals surface area contributed by atoms with E-state index in [1.54, 1.807) is 0 Å². The van der Waals surface area contributed by atoms with E-state index in [0.717, 1.165) is 43.7 Å². The van der Waals surface area contributed by atoms with Gasteiger partial charge in [-0.05, 0) is 31.2 Å². The number of anilines is 1. The minimum atomic E-state index is 0.250. The minimum Gasteiger partial charge on any atom is -0.395 e. The number of aliphatic hydroxyl groups is 1. The Balaban J connectivity index is 2.13. The molecule has 0 spiro atoms. The topological polar surface area (TPSA) is 38.7 Å². The third kappa shape index (κ3) is 4.42. The smallest absolute Gasteiger partial charge is 0.0558 e. The standard InChI is InChI=1S/C16H26BrN3O/c1-3-18-13(2)15-5-4-14(17)12-16(15)20-8-6-19(7-9-20)10-11-21/h4-5,12-13,18,21H,3,6-11H2,1-2H3. The van der Waals surface area contributed by atoms with Gasteiger partial charge < -0.3 is 15.3 Å². The van der Waals surface area contributed by atoms with E-state index in [1.165, 1.54) is 11.3 Å². The molecule has 0 aliphatic carbocycles. The molecule has 21 heavy (non-hydrogen) atoms. The van der Waals surface area contributed by atoms with E-state index in [4.69, 9.17) is 5.11 Å². The molecule has 0 radical (unpaired) electrons. The summed E-state index contributed by atoms with van der Waals surface area (Å²) < 4.78 is 1.13. The summed E-state index contributed by atoms with van der Waals surface area (Å²) in [6, 6.07) is 6.92. The van der Waals surface area contributed by atoms with E-state index in [0.29, 0.717) is 6.04 Å². The van der Waals surface area contributed by atoms with Crippen LogP contribution in [-0.2, 0) is 0 Å². The molecule has 5 heteroatoms. The maximum atomic E-state index is 9.04. The van der Waals surface area contributed by atoms with Gasteiger partial charge in [-0.25, -0.2) is 0 Å². The van der Waals surface area contributed by atoms with Gasteiger partial charge in [0.25, 0.3) is 0 Å². The third-order valence-electron chi connectivity index (χ3n) is 4.10. The molecule has 1 aromatic carbocycles. The van der Waals surface area contributed by atoms with Crippen LogP contribution < -0.4 is 10.2 Å². The highest BCUT2D eigenvalue weighted by atomic mass is 79.9. The SMILES string of the molecule is CCNC(C)c1ccc(Br)cc1N1CCN(CCO)CC1. The maximum absolute atomic E-state index is 9.04. The Morgan fingerprint density at radius 1 is 1.29 bits per heavy atom. The van der Waals surface area contributed by atoms with E-state index >= 15 is 0 Å². The van der Waals surface area contributed by atoms with Crippen molar-refractivity contribution in [1.29, 1.82) is 0 Å². The molecule has 1 atom stereocenters. The van der Waals surface area contributed by atoms with Crippen LogP contribution in [0.1, 0.15) is 25.5 Å². The van der Waals surface area contributed by atoms with Crippen molar-refractivity contribution in [3.63, 3.8) is 0 Å². The Bertz CT molecular complexity index is 447. The molecule has 1 fully saturated rings. The number of nitrogens with zero attached hydrogens (tertiary/aromatic N) is 2. The highest BCUT2D eigenvalue weighted by Crippen LogP contribution is 2.30. The summed E-state index contributed by atoms with van der Waals surface area (Å²) in [5, 5.41) is 12.5. The highest BCUT2D eigenvalue weighted by Gasteiger charge is 2.20. The van der Waals surface area contributed by atoms with Crippen LogP contribution in [0.5, 0.6) is 0 Å². The van der Waals surface area contributed by atoms with Gasteiger partial charge in [0.2, 0.25) is 0 Å². The van der Waals surface area contributed by atoms with Crippen molar-refractivity contribution in [2.75, 3.05) is 50.8 Å². The maximum Gasteiger partial charge on any atom is 0.0558 e. The normalized spacial score (nSPS) is 18.0. The lowest BCUT2D eigenvalue weighted by atomic mass is 10.0. The monoisotopic (exact) mass is 355 g/mol. The van der Waals surface area contributed by atoms with E-state index in [9.17, 15) is 0 Å². The zero-order valence-corrected chi connectivity index (χ0v) is 14.6. The zero-order valence-electron chi connectivity index (χ0n) is 13.0. The molecular formula is C16H26BrN3O. The van der Waals surface area contributed by atoms with Crippen molar-refractivity contribution < 1.29 is 5.11 Å². The van der Waals surface area contributed by atoms with Crippen LogP contribution in [0.3, 0.4) is 0 Å². The molecule has 1 unspecified atom stereocenters. The summed E-state index contributed by atoms with van der Waals surface area (Å²) in [5.74, 6) is 0. The summed E-state index contributed by atoms with van der Waals surface area (Å²) in [6.07, 6.45) is 0. The quantitative estimate of drug-likeness (QED) is 0.820. The Morgan fingerprint density at radius 2 is 2.00 bits per heavy atom. The fourth-order valence-corrected chi connectivity index (χ4v) is 3.28. The second kappa shape index (κ2) is 8.13. The molecular weight excluding hydrogens is 330 g/mol. The zero-order chi connectivity index (χ0) is 15.2. The van der Waals surface area contributed by atoms with E-state index < -0.39 is 0 Å². The van der Waals surface area contributed by atoms with Crippen molar-refractivity contribution in [2.24, 2.45) is 0 Å². The van der Waals surface area contributed by atoms with Crippen molar-refractivity contribution in [3.8, 4) is 0 Å². The average molecular weight is 356 g/mol. The lowest BCUT2D eigenvalue weighted by Gasteiger charge is -2.37. The lowest BCUT2D eigenvalue weighted by Crippen LogP contribution is -2.47. The van der Waals surface area contributed by atoms with Gasteiger partial charge in [0, 0.05) is 48.9 Å². The van der Waals surface area contributed by atoms with Crippen LogP contribution in [0, 0.1) is 0 Å². The van der Waals surface area contributed by atoms with Gasteiger partial charge in [0.05, 0.1) is 6.61 Å². The Morgan fingerprint density at radius 3 is 2.62 bits per heavy atom. The van der Waals surface area contributed by atoms with E-state index in [2.05, 4.69) is 63.1 Å². The first kappa shape index (κ1) is 16.7. The number of hydrogen-bond donors (Lipinski definition) is 2.